The molecule has 0 aliphatic rings. The number of nitrogens with zero attached hydrogens (tertiary/aromatic N) is 1. The first-order valence-electron chi connectivity index (χ1n) is 10.4. The number of nitrogens with one attached hydrogen (secondary N) is 1. The Kier molecular flexibility index (Phi) is 9.29. The van der Waals surface area contributed by atoms with Crippen molar-refractivity contribution < 1.29 is 23.8 Å². The van der Waals surface area contributed by atoms with Crippen molar-refractivity contribution in [2.75, 3.05) is 13.7 Å². The maximum absolute atomic E-state index is 12.5. The van der Waals surface area contributed by atoms with Crippen molar-refractivity contribution in [3.63, 3.8) is 0 Å². The van der Waals surface area contributed by atoms with Gasteiger partial charge in [0, 0.05) is 5.02 Å². The molecule has 3 rings (SSSR count). The zero-order valence-corrected chi connectivity index (χ0v) is 20.3. The van der Waals surface area contributed by atoms with Crippen molar-refractivity contribution in [1.29, 1.82) is 0 Å². The molecule has 0 aliphatic carbocycles. The molecule has 0 heterocycles. The molecule has 7 nitrogen and oxygen atoms in total. The zero-order valence-electron chi connectivity index (χ0n) is 18.8. The second-order valence-electron chi connectivity index (χ2n) is 7.11. The van der Waals surface area contributed by atoms with E-state index in [0.717, 1.165) is 5.56 Å². The van der Waals surface area contributed by atoms with E-state index in [4.69, 9.17) is 37.4 Å². The van der Waals surface area contributed by atoms with Gasteiger partial charge in [0.25, 0.3) is 5.91 Å². The molecule has 0 unspecified atom stereocenters. The third-order valence-corrected chi connectivity index (χ3v) is 5.19. The highest BCUT2D eigenvalue weighted by Crippen LogP contribution is 2.30. The third-order valence-electron chi connectivity index (χ3n) is 4.64. The van der Waals surface area contributed by atoms with Gasteiger partial charge in [0.1, 0.15) is 5.75 Å². The second kappa shape index (κ2) is 12.6. The quantitative estimate of drug-likeness (QED) is 0.128. The van der Waals surface area contributed by atoms with Gasteiger partial charge in [0.15, 0.2) is 18.1 Å². The second-order valence-corrected chi connectivity index (χ2v) is 7.95. The number of halogens is 2. The number of methoxy groups -OCH3 is 1. The predicted molar refractivity (Wildman–Crippen MR) is 136 cm³/mol. The molecule has 180 valence electrons. The summed E-state index contributed by atoms with van der Waals surface area (Å²) < 4.78 is 16.3. The molecule has 0 spiro atoms. The van der Waals surface area contributed by atoms with Gasteiger partial charge in [-0.05, 0) is 60.0 Å². The molecule has 0 saturated carbocycles. The van der Waals surface area contributed by atoms with Crippen molar-refractivity contribution in [3.05, 3.63) is 100 Å². The van der Waals surface area contributed by atoms with Gasteiger partial charge in [-0.25, -0.2) is 10.2 Å². The Labute approximate surface area is 212 Å². The molecule has 1 N–H and O–H groups in total. The molecule has 0 saturated heterocycles. The molecule has 0 aliphatic heterocycles. The number of esters is 1. The van der Waals surface area contributed by atoms with Crippen LogP contribution in [0.4, 0.5) is 0 Å². The summed E-state index contributed by atoms with van der Waals surface area (Å²) in [7, 11) is 1.44. The molecule has 1 amide bonds. The van der Waals surface area contributed by atoms with Crippen LogP contribution < -0.4 is 19.6 Å². The van der Waals surface area contributed by atoms with Crippen molar-refractivity contribution >= 4 is 41.3 Å². The summed E-state index contributed by atoms with van der Waals surface area (Å²) in [5.74, 6) is 0.0128. The fourth-order valence-electron chi connectivity index (χ4n) is 2.98. The molecule has 0 atom stereocenters. The molecular formula is C26H22Cl2N2O5. The van der Waals surface area contributed by atoms with Crippen LogP contribution in [0.2, 0.25) is 10.0 Å². The van der Waals surface area contributed by atoms with Gasteiger partial charge >= 0.3 is 5.97 Å². The number of carbonyl (C=O) groups is 2. The van der Waals surface area contributed by atoms with Gasteiger partial charge < -0.3 is 14.2 Å². The summed E-state index contributed by atoms with van der Waals surface area (Å²) in [6.07, 6.45) is 3.82. The zero-order chi connectivity index (χ0) is 25.2. The van der Waals surface area contributed by atoms with Crippen molar-refractivity contribution in [3.8, 4) is 17.2 Å². The molecule has 0 bridgehead atoms. The first kappa shape index (κ1) is 25.8. The van der Waals surface area contributed by atoms with Gasteiger partial charge in [0.05, 0.1) is 23.9 Å². The normalized spacial score (nSPS) is 10.6. The van der Waals surface area contributed by atoms with E-state index >= 15 is 0 Å². The van der Waals surface area contributed by atoms with E-state index < -0.39 is 11.9 Å². The largest absolute Gasteiger partial charge is 0.493 e. The molecule has 0 fully saturated rings. The van der Waals surface area contributed by atoms with Crippen molar-refractivity contribution in [2.24, 2.45) is 5.10 Å². The molecule has 0 radical (unpaired) electrons. The Morgan fingerprint density at radius 1 is 1.03 bits per heavy atom. The van der Waals surface area contributed by atoms with Crippen LogP contribution in [0.1, 0.15) is 21.5 Å². The molecule has 9 heteroatoms. The average molecular weight is 513 g/mol. The molecule has 35 heavy (non-hydrogen) atoms. The van der Waals surface area contributed by atoms with Crippen LogP contribution in [0.5, 0.6) is 17.2 Å². The first-order valence-corrected chi connectivity index (χ1v) is 11.2. The Balaban J connectivity index is 1.58. The molecule has 3 aromatic rings. The number of carbonyl (C=O) groups excluding carboxylic acids is 2. The number of hydrogen-bond donors (Lipinski definition) is 1. The van der Waals surface area contributed by atoms with Crippen LogP contribution in [0.25, 0.3) is 0 Å². The molecule has 0 aromatic heterocycles. The Morgan fingerprint density at radius 2 is 1.83 bits per heavy atom. The van der Waals surface area contributed by atoms with Gasteiger partial charge in [-0.2, -0.15) is 5.10 Å². The maximum Gasteiger partial charge on any atom is 0.345 e. The summed E-state index contributed by atoms with van der Waals surface area (Å²) in [6.45, 7) is 3.52. The lowest BCUT2D eigenvalue weighted by Crippen LogP contribution is -2.24. The van der Waals surface area contributed by atoms with E-state index in [1.807, 2.05) is 18.2 Å². The number of hydrazone groups is 1. The minimum absolute atomic E-state index is 0.167. The summed E-state index contributed by atoms with van der Waals surface area (Å²) >= 11 is 11.9. The van der Waals surface area contributed by atoms with Crippen LogP contribution in [-0.2, 0) is 11.2 Å². The van der Waals surface area contributed by atoms with Crippen molar-refractivity contribution in [2.45, 2.75) is 6.42 Å². The number of benzene rings is 3. The number of hydrogen-bond acceptors (Lipinski definition) is 6. The summed E-state index contributed by atoms with van der Waals surface area (Å²) in [5, 5.41) is 4.51. The van der Waals surface area contributed by atoms with Gasteiger partial charge in [-0.1, -0.05) is 47.5 Å². The number of para-hydroxylation sites is 1. The van der Waals surface area contributed by atoms with Crippen LogP contribution in [-0.4, -0.2) is 31.8 Å². The Hall–Kier alpha value is -3.81. The van der Waals surface area contributed by atoms with E-state index in [1.165, 1.54) is 25.5 Å². The topological polar surface area (TPSA) is 86.2 Å². The number of allylic oxidation sites excluding steroid dienone is 1. The molecular weight excluding hydrogens is 491 g/mol. The highest BCUT2D eigenvalue weighted by atomic mass is 35.5. The van der Waals surface area contributed by atoms with Crippen LogP contribution in [0.15, 0.2) is 78.4 Å². The van der Waals surface area contributed by atoms with Crippen LogP contribution in [0, 0.1) is 0 Å². The van der Waals surface area contributed by atoms with E-state index in [-0.39, 0.29) is 22.9 Å². The van der Waals surface area contributed by atoms with E-state index in [1.54, 1.807) is 36.4 Å². The fourth-order valence-corrected chi connectivity index (χ4v) is 3.47. The third kappa shape index (κ3) is 7.34. The van der Waals surface area contributed by atoms with Gasteiger partial charge in [0.2, 0.25) is 0 Å². The first-order chi connectivity index (χ1) is 16.9. The minimum Gasteiger partial charge on any atom is -0.493 e. The minimum atomic E-state index is -0.659. The average Bonchev–Trinajstić information content (AvgIpc) is 2.84. The van der Waals surface area contributed by atoms with Crippen LogP contribution in [0.3, 0.4) is 0 Å². The standard InChI is InChI=1S/C26H22Cl2N2O5/c1-3-6-18-7-4-5-8-22(18)34-16-25(31)30-29-15-17-9-12-23(24(13-17)33-2)35-26(32)20-11-10-19(27)14-21(20)28/h3-5,7-15H,1,6,16H2,2H3,(H,30,31)/b29-15+. The van der Waals surface area contributed by atoms with E-state index in [2.05, 4.69) is 17.1 Å². The Morgan fingerprint density at radius 3 is 2.57 bits per heavy atom. The monoisotopic (exact) mass is 512 g/mol. The Bertz CT molecular complexity index is 1260. The maximum atomic E-state index is 12.5. The predicted octanol–water partition coefficient (Wildman–Crippen LogP) is 5.48. The number of amides is 1. The highest BCUT2D eigenvalue weighted by Gasteiger charge is 2.16. The van der Waals surface area contributed by atoms with Gasteiger partial charge in [-0.3, -0.25) is 4.79 Å². The van der Waals surface area contributed by atoms with E-state index in [9.17, 15) is 9.59 Å². The SMILES string of the molecule is C=CCc1ccccc1OCC(=O)N/N=C/c1ccc(OC(=O)c2ccc(Cl)cc2Cl)c(OC)c1. The summed E-state index contributed by atoms with van der Waals surface area (Å²) in [4.78, 5) is 24.6. The van der Waals surface area contributed by atoms with Gasteiger partial charge in [-0.15, -0.1) is 6.58 Å². The van der Waals surface area contributed by atoms with Crippen LogP contribution >= 0.6 is 23.2 Å². The smallest absolute Gasteiger partial charge is 0.345 e. The fraction of sp³-hybridized carbons (Fsp3) is 0.115. The van der Waals surface area contributed by atoms with E-state index in [0.29, 0.717) is 28.5 Å². The number of ether oxygens (including phenoxy) is 3. The lowest BCUT2D eigenvalue weighted by atomic mass is 10.1. The van der Waals surface area contributed by atoms with Crippen molar-refractivity contribution in [1.82, 2.24) is 5.43 Å². The summed E-state index contributed by atoms with van der Waals surface area (Å²) in [5.41, 5.74) is 4.11. The summed E-state index contributed by atoms with van der Waals surface area (Å²) in [6, 6.07) is 16.7. The number of rotatable bonds is 10. The lowest BCUT2D eigenvalue weighted by Gasteiger charge is -2.11. The molecule has 3 aromatic carbocycles. The highest BCUT2D eigenvalue weighted by molar-refractivity contribution is 6.36. The lowest BCUT2D eigenvalue weighted by molar-refractivity contribution is -0.123.